The van der Waals surface area contributed by atoms with Gasteiger partial charge in [0.25, 0.3) is 0 Å². The maximum absolute atomic E-state index is 6.87. The minimum atomic E-state index is 0.345. The van der Waals surface area contributed by atoms with Crippen LogP contribution in [0.25, 0.3) is 33.6 Å². The van der Waals surface area contributed by atoms with Crippen molar-refractivity contribution in [3.63, 3.8) is 0 Å². The molecule has 0 saturated heterocycles. The van der Waals surface area contributed by atoms with Crippen molar-refractivity contribution in [3.05, 3.63) is 65.3 Å². The van der Waals surface area contributed by atoms with Crippen LogP contribution in [0.3, 0.4) is 0 Å². The van der Waals surface area contributed by atoms with Gasteiger partial charge in [0.1, 0.15) is 10.8 Å². The molecule has 0 amide bonds. The molecule has 7 heteroatoms. The van der Waals surface area contributed by atoms with Gasteiger partial charge >= 0.3 is 0 Å². The van der Waals surface area contributed by atoms with Crippen LogP contribution >= 0.6 is 11.6 Å². The molecule has 2 heterocycles. The van der Waals surface area contributed by atoms with Crippen molar-refractivity contribution in [2.75, 3.05) is 7.11 Å². The number of allylic oxidation sites excluding steroid dienone is 2. The summed E-state index contributed by atoms with van der Waals surface area (Å²) >= 11 is 6.87. The van der Waals surface area contributed by atoms with E-state index in [0.29, 0.717) is 33.6 Å². The van der Waals surface area contributed by atoms with Gasteiger partial charge in [0.15, 0.2) is 5.65 Å². The van der Waals surface area contributed by atoms with E-state index in [1.165, 1.54) is 12.0 Å². The molecule has 2 aromatic carbocycles. The first kappa shape index (κ1) is 23.0. The Kier molecular flexibility index (Phi) is 6.47. The second-order valence-electron chi connectivity index (χ2n) is 8.34. The Bertz CT molecular complexity index is 1470. The molecule has 35 heavy (non-hydrogen) atoms. The van der Waals surface area contributed by atoms with Gasteiger partial charge in [0, 0.05) is 11.8 Å². The van der Waals surface area contributed by atoms with E-state index in [1.54, 1.807) is 17.8 Å². The van der Waals surface area contributed by atoms with E-state index in [9.17, 15) is 0 Å². The summed E-state index contributed by atoms with van der Waals surface area (Å²) < 4.78 is 7.70. The number of methoxy groups -OCH3 is 1. The summed E-state index contributed by atoms with van der Waals surface area (Å²) in [5.74, 6) is 0.519. The largest absolute Gasteiger partial charge is 0.480 e. The zero-order chi connectivity index (χ0) is 24.4. The number of hydrogen-bond donors (Lipinski definition) is 0. The van der Waals surface area contributed by atoms with Crippen LogP contribution in [0.15, 0.2) is 64.6 Å². The first-order valence-corrected chi connectivity index (χ1v) is 12.0. The summed E-state index contributed by atoms with van der Waals surface area (Å²) in [5.41, 5.74) is 7.71. The molecule has 0 atom stereocenters. The lowest BCUT2D eigenvalue weighted by molar-refractivity contribution is 0.387. The van der Waals surface area contributed by atoms with Crippen LogP contribution in [0.1, 0.15) is 38.2 Å². The Morgan fingerprint density at radius 1 is 1.06 bits per heavy atom. The maximum atomic E-state index is 6.87. The molecule has 0 spiro atoms. The maximum Gasteiger partial charge on any atom is 0.227 e. The first-order chi connectivity index (χ1) is 17.2. The average molecular weight is 484 g/mol. The molecule has 4 aromatic rings. The lowest BCUT2D eigenvalue weighted by Crippen LogP contribution is -2.02. The second kappa shape index (κ2) is 9.84. The fourth-order valence-electron chi connectivity index (χ4n) is 4.64. The lowest BCUT2D eigenvalue weighted by atomic mass is 9.92. The van der Waals surface area contributed by atoms with Gasteiger partial charge in [-0.05, 0) is 62.6 Å². The third-order valence-electron chi connectivity index (χ3n) is 6.23. The summed E-state index contributed by atoms with van der Waals surface area (Å²) in [5, 5.41) is 5.36. The van der Waals surface area contributed by atoms with Gasteiger partial charge in [-0.25, -0.2) is 4.98 Å². The molecule has 0 unspecified atom stereocenters. The molecule has 6 nitrogen and oxygen atoms in total. The van der Waals surface area contributed by atoms with Crippen molar-refractivity contribution >= 4 is 47.1 Å². The standard InChI is InChI=1S/C28H26ClN5O/c1-4-31-22-17-20(15-16-21(22)30-2)24-26(29)32-27-23(18-11-7-5-8-12-18)25(19-13-9-6-10-14-19)33-34(27)28(24)35-3/h4,6,9-11,13-17H,2,5,7-8,12H2,1,3H3/b31-4-. The zero-order valence-corrected chi connectivity index (χ0v) is 20.6. The Labute approximate surface area is 209 Å². The van der Waals surface area contributed by atoms with Crippen molar-refractivity contribution in [2.24, 2.45) is 9.98 Å². The molecular weight excluding hydrogens is 458 g/mol. The van der Waals surface area contributed by atoms with Crippen LogP contribution in [0.4, 0.5) is 11.4 Å². The summed E-state index contributed by atoms with van der Waals surface area (Å²) in [6.45, 7) is 5.51. The van der Waals surface area contributed by atoms with Crippen LogP contribution in [0.5, 0.6) is 5.88 Å². The van der Waals surface area contributed by atoms with Crippen LogP contribution in [0, 0.1) is 0 Å². The number of ether oxygens (including phenoxy) is 1. The third-order valence-corrected chi connectivity index (χ3v) is 6.51. The quantitative estimate of drug-likeness (QED) is 0.208. The fraction of sp³-hybridized carbons (Fsp3) is 0.214. The third kappa shape index (κ3) is 4.15. The Morgan fingerprint density at radius 2 is 1.89 bits per heavy atom. The fourth-order valence-corrected chi connectivity index (χ4v) is 4.91. The second-order valence-corrected chi connectivity index (χ2v) is 8.69. The molecule has 1 aliphatic rings. The number of aliphatic imine (C=N–C) groups is 2. The number of halogens is 1. The predicted octanol–water partition coefficient (Wildman–Crippen LogP) is 7.74. The van der Waals surface area contributed by atoms with Gasteiger partial charge in [0.05, 0.1) is 29.6 Å². The first-order valence-electron chi connectivity index (χ1n) is 11.7. The molecule has 1 aliphatic carbocycles. The Balaban J connectivity index is 1.81. The molecular formula is C28H26ClN5O. The molecule has 0 fully saturated rings. The summed E-state index contributed by atoms with van der Waals surface area (Å²) in [6, 6.07) is 15.9. The molecule has 0 saturated carbocycles. The van der Waals surface area contributed by atoms with E-state index in [2.05, 4.69) is 34.9 Å². The molecule has 0 radical (unpaired) electrons. The molecule has 0 aliphatic heterocycles. The highest BCUT2D eigenvalue weighted by Crippen LogP contribution is 2.43. The number of benzene rings is 2. The molecule has 5 rings (SSSR count). The highest BCUT2D eigenvalue weighted by atomic mass is 35.5. The van der Waals surface area contributed by atoms with Gasteiger partial charge in [-0.1, -0.05) is 54.1 Å². The minimum Gasteiger partial charge on any atom is -0.480 e. The summed E-state index contributed by atoms with van der Waals surface area (Å²) in [4.78, 5) is 13.4. The van der Waals surface area contributed by atoms with Crippen LogP contribution < -0.4 is 4.74 Å². The van der Waals surface area contributed by atoms with Crippen molar-refractivity contribution in [2.45, 2.75) is 32.6 Å². The van der Waals surface area contributed by atoms with Crippen molar-refractivity contribution in [1.29, 1.82) is 0 Å². The van der Waals surface area contributed by atoms with Crippen molar-refractivity contribution in [1.82, 2.24) is 14.6 Å². The summed E-state index contributed by atoms with van der Waals surface area (Å²) in [6.07, 6.45) is 8.40. The molecule has 176 valence electrons. The molecule has 0 bridgehead atoms. The number of fused-ring (bicyclic) bond motifs is 1. The van der Waals surface area contributed by atoms with Crippen LogP contribution in [0.2, 0.25) is 5.15 Å². The zero-order valence-electron chi connectivity index (χ0n) is 19.8. The number of hydrogen-bond acceptors (Lipinski definition) is 5. The predicted molar refractivity (Wildman–Crippen MR) is 145 cm³/mol. The average Bonchev–Trinajstić information content (AvgIpc) is 3.28. The van der Waals surface area contributed by atoms with E-state index in [4.69, 9.17) is 26.4 Å². The number of rotatable bonds is 6. The number of nitrogens with zero attached hydrogens (tertiary/aromatic N) is 5. The smallest absolute Gasteiger partial charge is 0.227 e. The summed E-state index contributed by atoms with van der Waals surface area (Å²) in [7, 11) is 1.63. The highest BCUT2D eigenvalue weighted by molar-refractivity contribution is 6.32. The van der Waals surface area contributed by atoms with Gasteiger partial charge in [-0.15, -0.1) is 0 Å². The van der Waals surface area contributed by atoms with E-state index < -0.39 is 0 Å². The normalized spacial score (nSPS) is 13.9. The van der Waals surface area contributed by atoms with Crippen LogP contribution in [-0.4, -0.2) is 34.6 Å². The van der Waals surface area contributed by atoms with E-state index in [0.717, 1.165) is 41.6 Å². The lowest BCUT2D eigenvalue weighted by Gasteiger charge is -2.15. The van der Waals surface area contributed by atoms with E-state index >= 15 is 0 Å². The SMILES string of the molecule is C=Nc1ccc(-c2c(Cl)nc3c(C4=CCCCC4)c(-c4ccccc4)nn3c2OC)cc1/N=C\C. The van der Waals surface area contributed by atoms with Crippen molar-refractivity contribution in [3.8, 4) is 28.3 Å². The van der Waals surface area contributed by atoms with E-state index in [-0.39, 0.29) is 0 Å². The Hall–Kier alpha value is -3.77. The monoisotopic (exact) mass is 483 g/mol. The minimum absolute atomic E-state index is 0.345. The van der Waals surface area contributed by atoms with Gasteiger partial charge in [-0.3, -0.25) is 9.98 Å². The Morgan fingerprint density at radius 3 is 2.57 bits per heavy atom. The van der Waals surface area contributed by atoms with Gasteiger partial charge < -0.3 is 4.74 Å². The van der Waals surface area contributed by atoms with Gasteiger partial charge in [-0.2, -0.15) is 9.61 Å². The van der Waals surface area contributed by atoms with Gasteiger partial charge in [0.2, 0.25) is 5.88 Å². The molecule has 2 aromatic heterocycles. The van der Waals surface area contributed by atoms with Crippen LogP contribution in [-0.2, 0) is 0 Å². The number of aromatic nitrogens is 3. The topological polar surface area (TPSA) is 64.1 Å². The molecule has 0 N–H and O–H groups in total. The van der Waals surface area contributed by atoms with Crippen molar-refractivity contribution < 1.29 is 4.74 Å². The highest BCUT2D eigenvalue weighted by Gasteiger charge is 2.26. The van der Waals surface area contributed by atoms with E-state index in [1.807, 2.05) is 43.3 Å².